The zero-order chi connectivity index (χ0) is 18.6. The van der Waals surface area contributed by atoms with Crippen LogP contribution in [0.5, 0.6) is 0 Å². The highest BCUT2D eigenvalue weighted by Gasteiger charge is 2.32. The van der Waals surface area contributed by atoms with Gasteiger partial charge in [0.05, 0.1) is 4.90 Å². The van der Waals surface area contributed by atoms with Crippen molar-refractivity contribution in [1.82, 2.24) is 4.31 Å². The van der Waals surface area contributed by atoms with Crippen LogP contribution in [0.3, 0.4) is 0 Å². The minimum absolute atomic E-state index is 0.113. The minimum atomic E-state index is -3.68. The van der Waals surface area contributed by atoms with Gasteiger partial charge < -0.3 is 0 Å². The molecule has 5 nitrogen and oxygen atoms in total. The molecule has 0 radical (unpaired) electrons. The molecule has 130 valence electrons. The molecule has 4 rings (SSSR count). The third kappa shape index (κ3) is 2.16. The van der Waals surface area contributed by atoms with Crippen molar-refractivity contribution < 1.29 is 18.0 Å². The largest absolute Gasteiger partial charge is 0.289 e. The van der Waals surface area contributed by atoms with Crippen molar-refractivity contribution in [3.8, 4) is 0 Å². The van der Waals surface area contributed by atoms with E-state index in [4.69, 9.17) is 0 Å². The molecule has 0 fully saturated rings. The first-order valence-electron chi connectivity index (χ1n) is 8.00. The summed E-state index contributed by atoms with van der Waals surface area (Å²) >= 11 is 0. The average Bonchev–Trinajstić information content (AvgIpc) is 2.64. The SMILES string of the molecule is CN(C)S(=O)(=O)c1cccc2c3c(ccc12)C(=O)c1ccccc1C3=O. The Morgan fingerprint density at radius 2 is 1.35 bits per heavy atom. The number of carbonyl (C=O) groups is 2. The predicted octanol–water partition coefficient (Wildman–Crippen LogP) is 2.87. The van der Waals surface area contributed by atoms with E-state index in [-0.39, 0.29) is 22.0 Å². The summed E-state index contributed by atoms with van der Waals surface area (Å²) in [5, 5.41) is 0.902. The lowest BCUT2D eigenvalue weighted by Crippen LogP contribution is -2.23. The van der Waals surface area contributed by atoms with Crippen molar-refractivity contribution in [2.45, 2.75) is 4.90 Å². The molecule has 0 aliphatic heterocycles. The van der Waals surface area contributed by atoms with Crippen LogP contribution in [0.2, 0.25) is 0 Å². The Hall–Kier alpha value is -2.83. The van der Waals surface area contributed by atoms with Crippen molar-refractivity contribution in [2.24, 2.45) is 0 Å². The van der Waals surface area contributed by atoms with Crippen LogP contribution in [0.1, 0.15) is 31.8 Å². The molecule has 0 atom stereocenters. The van der Waals surface area contributed by atoms with Gasteiger partial charge in [0.25, 0.3) is 0 Å². The van der Waals surface area contributed by atoms with Gasteiger partial charge >= 0.3 is 0 Å². The Kier molecular flexibility index (Phi) is 3.57. The van der Waals surface area contributed by atoms with Gasteiger partial charge in [-0.05, 0) is 17.5 Å². The molecule has 1 aliphatic carbocycles. The highest BCUT2D eigenvalue weighted by molar-refractivity contribution is 7.89. The molecule has 0 unspecified atom stereocenters. The van der Waals surface area contributed by atoms with Crippen molar-refractivity contribution in [3.05, 3.63) is 76.9 Å². The molecule has 26 heavy (non-hydrogen) atoms. The topological polar surface area (TPSA) is 71.5 Å². The Labute approximate surface area is 150 Å². The fraction of sp³-hybridized carbons (Fsp3) is 0.100. The van der Waals surface area contributed by atoms with Gasteiger partial charge in [-0.2, -0.15) is 0 Å². The van der Waals surface area contributed by atoms with Gasteiger partial charge in [0.1, 0.15) is 0 Å². The first-order chi connectivity index (χ1) is 12.3. The van der Waals surface area contributed by atoms with Crippen molar-refractivity contribution in [3.63, 3.8) is 0 Å². The molecule has 0 heterocycles. The molecular formula is C20H15NO4S. The Balaban J connectivity index is 2.09. The average molecular weight is 365 g/mol. The lowest BCUT2D eigenvalue weighted by atomic mass is 9.82. The number of nitrogens with zero attached hydrogens (tertiary/aromatic N) is 1. The lowest BCUT2D eigenvalue weighted by Gasteiger charge is -2.20. The second kappa shape index (κ2) is 5.59. The van der Waals surface area contributed by atoms with Crippen molar-refractivity contribution in [1.29, 1.82) is 0 Å². The first-order valence-corrected chi connectivity index (χ1v) is 9.44. The molecule has 6 heteroatoms. The van der Waals surface area contributed by atoms with Crippen LogP contribution in [-0.4, -0.2) is 38.4 Å². The maximum Gasteiger partial charge on any atom is 0.243 e. The summed E-state index contributed by atoms with van der Waals surface area (Å²) in [7, 11) is -0.773. The van der Waals surface area contributed by atoms with Gasteiger partial charge in [0, 0.05) is 41.7 Å². The molecule has 3 aromatic carbocycles. The van der Waals surface area contributed by atoms with E-state index in [1.165, 1.54) is 20.2 Å². The maximum absolute atomic E-state index is 13.1. The number of hydrogen-bond donors (Lipinski definition) is 0. The molecule has 0 saturated heterocycles. The van der Waals surface area contributed by atoms with Crippen LogP contribution in [-0.2, 0) is 10.0 Å². The summed E-state index contributed by atoms with van der Waals surface area (Å²) in [6.07, 6.45) is 0. The summed E-state index contributed by atoms with van der Waals surface area (Å²) in [6.45, 7) is 0. The fourth-order valence-corrected chi connectivity index (χ4v) is 4.44. The smallest absolute Gasteiger partial charge is 0.243 e. The fourth-order valence-electron chi connectivity index (χ4n) is 3.34. The van der Waals surface area contributed by atoms with E-state index in [1.807, 2.05) is 0 Å². The van der Waals surface area contributed by atoms with Crippen LogP contribution >= 0.6 is 0 Å². The number of carbonyl (C=O) groups excluding carboxylic acids is 2. The summed E-state index contributed by atoms with van der Waals surface area (Å²) in [6, 6.07) is 14.6. The van der Waals surface area contributed by atoms with Crippen LogP contribution in [0.15, 0.2) is 59.5 Å². The highest BCUT2D eigenvalue weighted by atomic mass is 32.2. The van der Waals surface area contributed by atoms with E-state index in [0.717, 1.165) is 4.31 Å². The number of rotatable bonds is 2. The quantitative estimate of drug-likeness (QED) is 0.548. The first kappa shape index (κ1) is 16.6. The molecule has 0 N–H and O–H groups in total. The molecule has 0 spiro atoms. The summed E-state index contributed by atoms with van der Waals surface area (Å²) in [5.74, 6) is -0.488. The second-order valence-corrected chi connectivity index (χ2v) is 8.45. The summed E-state index contributed by atoms with van der Waals surface area (Å²) < 4.78 is 26.4. The van der Waals surface area contributed by atoms with Gasteiger partial charge in [-0.15, -0.1) is 0 Å². The third-order valence-corrected chi connectivity index (χ3v) is 6.54. The molecule has 0 amide bonds. The van der Waals surface area contributed by atoms with E-state index < -0.39 is 10.0 Å². The number of ketones is 2. The zero-order valence-corrected chi connectivity index (χ0v) is 15.0. The number of hydrogen-bond acceptors (Lipinski definition) is 4. The van der Waals surface area contributed by atoms with E-state index in [9.17, 15) is 18.0 Å². The van der Waals surface area contributed by atoms with Gasteiger partial charge in [0.2, 0.25) is 10.0 Å². The van der Waals surface area contributed by atoms with Crippen LogP contribution in [0.4, 0.5) is 0 Å². The highest BCUT2D eigenvalue weighted by Crippen LogP contribution is 2.35. The number of fused-ring (bicyclic) bond motifs is 4. The summed E-state index contributed by atoms with van der Waals surface area (Å²) in [5.41, 5.74) is 1.29. The lowest BCUT2D eigenvalue weighted by molar-refractivity contribution is 0.0980. The van der Waals surface area contributed by atoms with Gasteiger partial charge in [-0.1, -0.05) is 42.5 Å². The summed E-state index contributed by atoms with van der Waals surface area (Å²) in [4.78, 5) is 26.0. The second-order valence-electron chi connectivity index (χ2n) is 6.33. The predicted molar refractivity (Wildman–Crippen MR) is 98.1 cm³/mol. The molecular weight excluding hydrogens is 350 g/mol. The molecule has 3 aromatic rings. The third-order valence-electron chi connectivity index (χ3n) is 4.67. The standard InChI is InChI=1S/C20H15NO4S/c1-21(2)26(24,25)17-9-5-8-13-12(17)10-11-16-18(13)20(23)15-7-4-3-6-14(15)19(16)22/h3-11H,1-2H3. The van der Waals surface area contributed by atoms with Gasteiger partial charge in [-0.25, -0.2) is 12.7 Å². The number of benzene rings is 3. The van der Waals surface area contributed by atoms with Crippen molar-refractivity contribution in [2.75, 3.05) is 14.1 Å². The molecule has 0 bridgehead atoms. The normalized spacial score (nSPS) is 13.8. The van der Waals surface area contributed by atoms with Crippen molar-refractivity contribution >= 4 is 32.4 Å². The molecule has 1 aliphatic rings. The Morgan fingerprint density at radius 1 is 0.692 bits per heavy atom. The molecule has 0 saturated carbocycles. The molecule has 0 aromatic heterocycles. The van der Waals surface area contributed by atoms with Crippen LogP contribution in [0.25, 0.3) is 10.8 Å². The minimum Gasteiger partial charge on any atom is -0.289 e. The van der Waals surface area contributed by atoms with Crippen LogP contribution < -0.4 is 0 Å². The zero-order valence-electron chi connectivity index (χ0n) is 14.2. The Bertz CT molecular complexity index is 1210. The van der Waals surface area contributed by atoms with Gasteiger partial charge in [0.15, 0.2) is 11.6 Å². The van der Waals surface area contributed by atoms with E-state index in [0.29, 0.717) is 27.5 Å². The van der Waals surface area contributed by atoms with E-state index in [1.54, 1.807) is 48.5 Å². The van der Waals surface area contributed by atoms with E-state index in [2.05, 4.69) is 0 Å². The maximum atomic E-state index is 13.1. The van der Waals surface area contributed by atoms with Crippen LogP contribution in [0, 0.1) is 0 Å². The number of sulfonamides is 1. The van der Waals surface area contributed by atoms with Gasteiger partial charge in [-0.3, -0.25) is 9.59 Å². The Morgan fingerprint density at radius 3 is 2.00 bits per heavy atom. The monoisotopic (exact) mass is 365 g/mol. The van der Waals surface area contributed by atoms with E-state index >= 15 is 0 Å².